The van der Waals surface area contributed by atoms with Gasteiger partial charge in [-0.2, -0.15) is 0 Å². The third-order valence-electron chi connectivity index (χ3n) is 2.87. The molecule has 0 heterocycles. The molecule has 3 N–H and O–H groups in total. The lowest BCUT2D eigenvalue weighted by Crippen LogP contribution is -2.38. The smallest absolute Gasteiger partial charge is 0.191 e. The van der Waals surface area contributed by atoms with Crippen molar-refractivity contribution >= 4 is 29.9 Å². The first-order valence-corrected chi connectivity index (χ1v) is 7.09. The molecule has 1 aromatic rings. The summed E-state index contributed by atoms with van der Waals surface area (Å²) in [7, 11) is 3.25. The zero-order valence-electron chi connectivity index (χ0n) is 13.4. The van der Waals surface area contributed by atoms with Crippen molar-refractivity contribution in [1.29, 1.82) is 0 Å². The fraction of sp³-hybridized carbons (Fsp3) is 0.533. The third kappa shape index (κ3) is 7.17. The second-order valence-electron chi connectivity index (χ2n) is 4.35. The highest BCUT2D eigenvalue weighted by molar-refractivity contribution is 14.0. The van der Waals surface area contributed by atoms with Crippen molar-refractivity contribution in [2.75, 3.05) is 40.5 Å². The molecule has 0 atom stereocenters. The third-order valence-corrected chi connectivity index (χ3v) is 2.87. The van der Waals surface area contributed by atoms with Crippen LogP contribution < -0.4 is 20.1 Å². The van der Waals surface area contributed by atoms with E-state index in [1.54, 1.807) is 14.2 Å². The largest absolute Gasteiger partial charge is 0.493 e. The number of rotatable bonds is 8. The summed E-state index contributed by atoms with van der Waals surface area (Å²) >= 11 is 0. The van der Waals surface area contributed by atoms with Crippen LogP contribution in [0.5, 0.6) is 11.5 Å². The van der Waals surface area contributed by atoms with Crippen LogP contribution in [0.4, 0.5) is 0 Å². The van der Waals surface area contributed by atoms with Gasteiger partial charge in [0.1, 0.15) is 0 Å². The van der Waals surface area contributed by atoms with Gasteiger partial charge in [-0.25, -0.2) is 0 Å². The maximum atomic E-state index is 8.81. The number of guanidine groups is 1. The van der Waals surface area contributed by atoms with Crippen molar-refractivity contribution in [3.8, 4) is 11.5 Å². The van der Waals surface area contributed by atoms with Gasteiger partial charge in [-0.05, 0) is 31.0 Å². The second-order valence-corrected chi connectivity index (χ2v) is 4.35. The lowest BCUT2D eigenvalue weighted by atomic mass is 10.1. The number of ether oxygens (including phenoxy) is 2. The van der Waals surface area contributed by atoms with Crippen LogP contribution in [0.25, 0.3) is 0 Å². The van der Waals surface area contributed by atoms with Gasteiger partial charge >= 0.3 is 0 Å². The summed E-state index contributed by atoms with van der Waals surface area (Å²) in [5, 5.41) is 15.2. The molecule has 0 aromatic heterocycles. The maximum Gasteiger partial charge on any atom is 0.191 e. The first kappa shape index (κ1) is 20.8. The van der Waals surface area contributed by atoms with Crippen LogP contribution in [0.1, 0.15) is 12.5 Å². The summed E-state index contributed by atoms with van der Waals surface area (Å²) in [5.41, 5.74) is 1.15. The van der Waals surface area contributed by atoms with Crippen LogP contribution in [-0.4, -0.2) is 51.5 Å². The molecule has 0 saturated heterocycles. The topological polar surface area (TPSA) is 75.1 Å². The summed E-state index contributed by atoms with van der Waals surface area (Å²) in [6.07, 6.45) is 0.837. The Labute approximate surface area is 149 Å². The number of aliphatic imine (C=N–C) groups is 1. The molecule has 0 radical (unpaired) electrons. The Bertz CT molecular complexity index is 456. The van der Waals surface area contributed by atoms with E-state index in [2.05, 4.69) is 15.6 Å². The summed E-state index contributed by atoms with van der Waals surface area (Å²) in [4.78, 5) is 4.22. The number of hydrogen-bond acceptors (Lipinski definition) is 4. The molecule has 0 spiro atoms. The van der Waals surface area contributed by atoms with E-state index >= 15 is 0 Å². The number of benzene rings is 1. The first-order valence-electron chi connectivity index (χ1n) is 7.09. The van der Waals surface area contributed by atoms with Gasteiger partial charge in [0.2, 0.25) is 0 Å². The molecule has 0 aliphatic rings. The zero-order valence-corrected chi connectivity index (χ0v) is 15.7. The fourth-order valence-electron chi connectivity index (χ4n) is 1.86. The molecule has 7 heteroatoms. The van der Waals surface area contributed by atoms with Crippen LogP contribution in [0, 0.1) is 0 Å². The van der Waals surface area contributed by atoms with E-state index in [0.717, 1.165) is 36.6 Å². The molecule has 1 aromatic carbocycles. The number of nitrogens with zero attached hydrogens (tertiary/aromatic N) is 1. The molecule has 0 aliphatic carbocycles. The molecule has 0 aliphatic heterocycles. The SMILES string of the molecule is CCNC(=NCCO)NCCc1ccc(OC)c(OC)c1.I. The Morgan fingerprint density at radius 2 is 1.91 bits per heavy atom. The summed E-state index contributed by atoms with van der Waals surface area (Å²) in [5.74, 6) is 2.18. The van der Waals surface area contributed by atoms with Gasteiger partial charge < -0.3 is 25.2 Å². The number of hydrogen-bond donors (Lipinski definition) is 3. The Balaban J connectivity index is 0.00000441. The molecular weight excluding hydrogens is 397 g/mol. The van der Waals surface area contributed by atoms with Crippen molar-refractivity contribution in [1.82, 2.24) is 10.6 Å². The van der Waals surface area contributed by atoms with Gasteiger partial charge in [0.05, 0.1) is 27.4 Å². The van der Waals surface area contributed by atoms with Gasteiger partial charge in [0.25, 0.3) is 0 Å². The van der Waals surface area contributed by atoms with E-state index in [-0.39, 0.29) is 30.6 Å². The van der Waals surface area contributed by atoms with Crippen LogP contribution >= 0.6 is 24.0 Å². The van der Waals surface area contributed by atoms with E-state index in [1.807, 2.05) is 25.1 Å². The summed E-state index contributed by atoms with van der Waals surface area (Å²) in [6, 6.07) is 5.89. The quantitative estimate of drug-likeness (QED) is 0.335. The average molecular weight is 423 g/mol. The van der Waals surface area contributed by atoms with E-state index in [1.165, 1.54) is 0 Å². The molecule has 126 valence electrons. The number of methoxy groups -OCH3 is 2. The molecule has 0 bridgehead atoms. The van der Waals surface area contributed by atoms with Crippen molar-refractivity contribution in [3.63, 3.8) is 0 Å². The Morgan fingerprint density at radius 1 is 1.18 bits per heavy atom. The highest BCUT2D eigenvalue weighted by Gasteiger charge is 2.04. The molecule has 0 amide bonds. The molecule has 0 fully saturated rings. The van der Waals surface area contributed by atoms with Crippen molar-refractivity contribution in [3.05, 3.63) is 23.8 Å². The number of nitrogens with one attached hydrogen (secondary N) is 2. The highest BCUT2D eigenvalue weighted by Crippen LogP contribution is 2.27. The lowest BCUT2D eigenvalue weighted by Gasteiger charge is -2.12. The maximum absolute atomic E-state index is 8.81. The Morgan fingerprint density at radius 3 is 2.50 bits per heavy atom. The summed E-state index contributed by atoms with van der Waals surface area (Å²) < 4.78 is 10.5. The second kappa shape index (κ2) is 12.3. The minimum atomic E-state index is 0. The van der Waals surface area contributed by atoms with E-state index in [9.17, 15) is 0 Å². The van der Waals surface area contributed by atoms with Crippen LogP contribution in [0.15, 0.2) is 23.2 Å². The fourth-order valence-corrected chi connectivity index (χ4v) is 1.86. The number of aliphatic hydroxyl groups excluding tert-OH is 1. The van der Waals surface area contributed by atoms with Crippen LogP contribution in [0.2, 0.25) is 0 Å². The highest BCUT2D eigenvalue weighted by atomic mass is 127. The molecule has 0 unspecified atom stereocenters. The van der Waals surface area contributed by atoms with Gasteiger partial charge in [-0.15, -0.1) is 24.0 Å². The van der Waals surface area contributed by atoms with E-state index in [0.29, 0.717) is 12.5 Å². The van der Waals surface area contributed by atoms with Crippen molar-refractivity contribution < 1.29 is 14.6 Å². The predicted molar refractivity (Wildman–Crippen MR) is 99.7 cm³/mol. The lowest BCUT2D eigenvalue weighted by molar-refractivity contribution is 0.306. The molecule has 6 nitrogen and oxygen atoms in total. The van der Waals surface area contributed by atoms with Gasteiger partial charge in [0.15, 0.2) is 17.5 Å². The van der Waals surface area contributed by atoms with Crippen LogP contribution in [-0.2, 0) is 6.42 Å². The van der Waals surface area contributed by atoms with E-state index < -0.39 is 0 Å². The normalized spacial score (nSPS) is 10.6. The molecule has 1 rings (SSSR count). The molecular formula is C15H26IN3O3. The monoisotopic (exact) mass is 423 g/mol. The summed E-state index contributed by atoms with van der Waals surface area (Å²) in [6.45, 7) is 3.97. The van der Waals surface area contributed by atoms with Crippen LogP contribution in [0.3, 0.4) is 0 Å². The number of halogens is 1. The first-order chi connectivity index (χ1) is 10.2. The Kier molecular flexibility index (Phi) is 11.7. The van der Waals surface area contributed by atoms with Gasteiger partial charge in [0, 0.05) is 13.1 Å². The molecule has 22 heavy (non-hydrogen) atoms. The van der Waals surface area contributed by atoms with Crippen molar-refractivity contribution in [2.45, 2.75) is 13.3 Å². The molecule has 0 saturated carbocycles. The predicted octanol–water partition coefficient (Wildman–Crippen LogP) is 1.41. The zero-order chi connectivity index (χ0) is 15.5. The van der Waals surface area contributed by atoms with Gasteiger partial charge in [-0.3, -0.25) is 4.99 Å². The minimum Gasteiger partial charge on any atom is -0.493 e. The Hall–Kier alpha value is -1.22. The number of aliphatic hydroxyl groups is 1. The van der Waals surface area contributed by atoms with Gasteiger partial charge in [-0.1, -0.05) is 6.07 Å². The van der Waals surface area contributed by atoms with E-state index in [4.69, 9.17) is 14.6 Å². The average Bonchev–Trinajstić information content (AvgIpc) is 2.52. The minimum absolute atomic E-state index is 0. The van der Waals surface area contributed by atoms with Crippen molar-refractivity contribution in [2.24, 2.45) is 4.99 Å². The standard InChI is InChI=1S/C15H25N3O3.HI/c1-4-16-15(18-9-10-19)17-8-7-12-5-6-13(20-2)14(11-12)21-3;/h5-6,11,19H,4,7-10H2,1-3H3,(H2,16,17,18);1H.